The van der Waals surface area contributed by atoms with Crippen molar-refractivity contribution >= 4 is 0 Å². The Hall–Kier alpha value is -1.14. The first kappa shape index (κ1) is 9.11. The number of aromatic nitrogens is 3. The number of rotatable bonds is 1. The first-order valence-corrected chi connectivity index (χ1v) is 5.28. The standard InChI is InChI=1S/C9H14N4O2/c10-6-5-2-1-3-15-8(5)7(6)13-4-11-12-9(13)14/h4-8H,1-3,10H2,(H,12,14). The van der Waals surface area contributed by atoms with Gasteiger partial charge in [0, 0.05) is 18.6 Å². The number of hydrogen-bond donors (Lipinski definition) is 2. The third-order valence-corrected chi connectivity index (χ3v) is 3.54. The summed E-state index contributed by atoms with van der Waals surface area (Å²) >= 11 is 0. The molecule has 0 bridgehead atoms. The minimum atomic E-state index is -0.205. The maximum atomic E-state index is 11.4. The molecule has 1 aromatic rings. The van der Waals surface area contributed by atoms with E-state index in [0.717, 1.165) is 19.4 Å². The molecule has 1 aliphatic carbocycles. The summed E-state index contributed by atoms with van der Waals surface area (Å²) in [7, 11) is 0. The van der Waals surface area contributed by atoms with Crippen LogP contribution < -0.4 is 11.4 Å². The molecule has 1 saturated heterocycles. The lowest BCUT2D eigenvalue weighted by Crippen LogP contribution is -2.64. The Morgan fingerprint density at radius 1 is 1.67 bits per heavy atom. The molecule has 4 unspecified atom stereocenters. The Balaban J connectivity index is 1.89. The maximum absolute atomic E-state index is 11.4. The number of hydrogen-bond acceptors (Lipinski definition) is 4. The second-order valence-corrected chi connectivity index (χ2v) is 4.28. The number of nitrogens with one attached hydrogen (secondary N) is 1. The van der Waals surface area contributed by atoms with Gasteiger partial charge in [0.1, 0.15) is 6.33 Å². The van der Waals surface area contributed by atoms with E-state index in [9.17, 15) is 4.79 Å². The highest BCUT2D eigenvalue weighted by Gasteiger charge is 2.51. The van der Waals surface area contributed by atoms with Gasteiger partial charge in [0.15, 0.2) is 0 Å². The van der Waals surface area contributed by atoms with Crippen LogP contribution in [0.5, 0.6) is 0 Å². The minimum Gasteiger partial charge on any atom is -0.376 e. The van der Waals surface area contributed by atoms with Crippen LogP contribution in [0.15, 0.2) is 11.1 Å². The van der Waals surface area contributed by atoms with Gasteiger partial charge in [-0.15, -0.1) is 0 Å². The Morgan fingerprint density at radius 2 is 2.53 bits per heavy atom. The molecule has 0 radical (unpaired) electrons. The zero-order valence-corrected chi connectivity index (χ0v) is 8.30. The van der Waals surface area contributed by atoms with Crippen LogP contribution in [0.1, 0.15) is 18.9 Å². The van der Waals surface area contributed by atoms with Gasteiger partial charge in [0.05, 0.1) is 12.1 Å². The summed E-state index contributed by atoms with van der Waals surface area (Å²) in [5.74, 6) is 0.408. The monoisotopic (exact) mass is 210 g/mol. The molecule has 2 fully saturated rings. The minimum absolute atomic E-state index is 0.0191. The first-order chi connectivity index (χ1) is 7.29. The Kier molecular flexibility index (Phi) is 1.93. The molecule has 82 valence electrons. The molecule has 15 heavy (non-hydrogen) atoms. The number of ether oxygens (including phenoxy) is 1. The lowest BCUT2D eigenvalue weighted by Gasteiger charge is -2.52. The van der Waals surface area contributed by atoms with E-state index in [0.29, 0.717) is 5.92 Å². The van der Waals surface area contributed by atoms with Gasteiger partial charge in [-0.2, -0.15) is 5.10 Å². The highest BCUT2D eigenvalue weighted by atomic mass is 16.5. The maximum Gasteiger partial charge on any atom is 0.343 e. The second-order valence-electron chi connectivity index (χ2n) is 4.28. The molecular formula is C9H14N4O2. The highest BCUT2D eigenvalue weighted by molar-refractivity contribution is 5.06. The zero-order valence-electron chi connectivity index (χ0n) is 8.30. The van der Waals surface area contributed by atoms with Crippen molar-refractivity contribution in [3.63, 3.8) is 0 Å². The van der Waals surface area contributed by atoms with E-state index in [2.05, 4.69) is 10.2 Å². The summed E-state index contributed by atoms with van der Waals surface area (Å²) in [5.41, 5.74) is 5.85. The summed E-state index contributed by atoms with van der Waals surface area (Å²) in [5, 5.41) is 6.09. The number of nitrogens with zero attached hydrogens (tertiary/aromatic N) is 2. The van der Waals surface area contributed by atoms with Crippen molar-refractivity contribution < 1.29 is 4.74 Å². The number of aromatic amines is 1. The van der Waals surface area contributed by atoms with Crippen LogP contribution in [0.25, 0.3) is 0 Å². The van der Waals surface area contributed by atoms with Crippen molar-refractivity contribution in [3.05, 3.63) is 16.8 Å². The predicted octanol–water partition coefficient (Wildman–Crippen LogP) is -0.751. The van der Waals surface area contributed by atoms with Crippen LogP contribution in [0.3, 0.4) is 0 Å². The molecule has 2 aliphatic rings. The Bertz CT molecular complexity index is 412. The summed E-state index contributed by atoms with van der Waals surface area (Å²) in [6, 6.07) is -0.0212. The third kappa shape index (κ3) is 1.18. The predicted molar refractivity (Wildman–Crippen MR) is 52.3 cm³/mol. The number of H-pyrrole nitrogens is 1. The fourth-order valence-corrected chi connectivity index (χ4v) is 2.73. The van der Waals surface area contributed by atoms with Gasteiger partial charge in [0.25, 0.3) is 0 Å². The summed E-state index contributed by atoms with van der Waals surface area (Å²) in [6.07, 6.45) is 3.78. The topological polar surface area (TPSA) is 85.9 Å². The Labute approximate surface area is 86.4 Å². The van der Waals surface area contributed by atoms with Crippen molar-refractivity contribution in [2.75, 3.05) is 6.61 Å². The normalized spacial score (nSPS) is 39.5. The Morgan fingerprint density at radius 3 is 3.27 bits per heavy atom. The highest BCUT2D eigenvalue weighted by Crippen LogP contribution is 2.43. The largest absolute Gasteiger partial charge is 0.376 e. The van der Waals surface area contributed by atoms with Gasteiger partial charge in [-0.25, -0.2) is 9.89 Å². The van der Waals surface area contributed by atoms with E-state index in [1.807, 2.05) is 0 Å². The van der Waals surface area contributed by atoms with E-state index in [4.69, 9.17) is 10.5 Å². The van der Waals surface area contributed by atoms with Gasteiger partial charge in [-0.1, -0.05) is 0 Å². The average Bonchev–Trinajstić information content (AvgIpc) is 2.65. The van der Waals surface area contributed by atoms with Crippen LogP contribution >= 0.6 is 0 Å². The molecule has 1 saturated carbocycles. The van der Waals surface area contributed by atoms with Crippen LogP contribution in [-0.4, -0.2) is 33.5 Å². The third-order valence-electron chi connectivity index (χ3n) is 3.54. The van der Waals surface area contributed by atoms with E-state index < -0.39 is 0 Å². The second kappa shape index (κ2) is 3.18. The molecule has 6 nitrogen and oxygen atoms in total. The fraction of sp³-hybridized carbons (Fsp3) is 0.778. The van der Waals surface area contributed by atoms with Gasteiger partial charge in [-0.05, 0) is 12.8 Å². The molecule has 1 aromatic heterocycles. The fourth-order valence-electron chi connectivity index (χ4n) is 2.73. The van der Waals surface area contributed by atoms with Crippen LogP contribution in [0, 0.1) is 5.92 Å². The number of fused-ring (bicyclic) bond motifs is 1. The molecule has 3 N–H and O–H groups in total. The van der Waals surface area contributed by atoms with Gasteiger partial charge in [0.2, 0.25) is 0 Å². The van der Waals surface area contributed by atoms with Crippen LogP contribution in [-0.2, 0) is 4.74 Å². The van der Waals surface area contributed by atoms with Crippen molar-refractivity contribution in [3.8, 4) is 0 Å². The zero-order chi connectivity index (χ0) is 10.4. The summed E-state index contributed by atoms with van der Waals surface area (Å²) in [6.45, 7) is 0.775. The molecular weight excluding hydrogens is 196 g/mol. The summed E-state index contributed by atoms with van der Waals surface area (Å²) < 4.78 is 7.21. The van der Waals surface area contributed by atoms with Gasteiger partial charge < -0.3 is 10.5 Å². The van der Waals surface area contributed by atoms with Crippen LogP contribution in [0.4, 0.5) is 0 Å². The lowest BCUT2D eigenvalue weighted by molar-refractivity contribution is -0.134. The lowest BCUT2D eigenvalue weighted by atomic mass is 9.68. The molecule has 3 rings (SSSR count). The SMILES string of the molecule is NC1C2CCCOC2C1n1cn[nH]c1=O. The molecule has 0 amide bonds. The van der Waals surface area contributed by atoms with Crippen molar-refractivity contribution in [1.82, 2.24) is 14.8 Å². The molecule has 6 heteroatoms. The average molecular weight is 210 g/mol. The van der Waals surface area contributed by atoms with Crippen molar-refractivity contribution in [2.24, 2.45) is 11.7 Å². The van der Waals surface area contributed by atoms with Crippen molar-refractivity contribution in [2.45, 2.75) is 31.0 Å². The summed E-state index contributed by atoms with van der Waals surface area (Å²) in [4.78, 5) is 11.4. The van der Waals surface area contributed by atoms with Gasteiger partial charge in [-0.3, -0.25) is 4.57 Å². The molecule has 0 spiro atoms. The molecule has 4 atom stereocenters. The van der Waals surface area contributed by atoms with Crippen LogP contribution in [0.2, 0.25) is 0 Å². The van der Waals surface area contributed by atoms with E-state index in [1.165, 1.54) is 6.33 Å². The van der Waals surface area contributed by atoms with E-state index in [1.54, 1.807) is 4.57 Å². The van der Waals surface area contributed by atoms with E-state index >= 15 is 0 Å². The molecule has 1 aliphatic heterocycles. The first-order valence-electron chi connectivity index (χ1n) is 5.28. The number of nitrogens with two attached hydrogens (primary N) is 1. The van der Waals surface area contributed by atoms with E-state index in [-0.39, 0.29) is 23.9 Å². The van der Waals surface area contributed by atoms with Crippen molar-refractivity contribution in [1.29, 1.82) is 0 Å². The smallest absolute Gasteiger partial charge is 0.343 e. The quantitative estimate of drug-likeness (QED) is 0.638. The molecule has 2 heterocycles. The molecule has 0 aromatic carbocycles. The van der Waals surface area contributed by atoms with Gasteiger partial charge >= 0.3 is 5.69 Å².